The molecule has 0 unspecified atom stereocenters. The Morgan fingerprint density at radius 2 is 1.73 bits per heavy atom. The van der Waals surface area contributed by atoms with Gasteiger partial charge >= 0.3 is 12.1 Å². The summed E-state index contributed by atoms with van der Waals surface area (Å²) in [7, 11) is 0. The van der Waals surface area contributed by atoms with Gasteiger partial charge in [-0.1, -0.05) is 12.1 Å². The van der Waals surface area contributed by atoms with E-state index in [0.29, 0.717) is 10.4 Å². The minimum absolute atomic E-state index is 0.205. The molecule has 26 heavy (non-hydrogen) atoms. The number of nitrogens with zero attached hydrogens (tertiary/aromatic N) is 1. The highest BCUT2D eigenvalue weighted by Crippen LogP contribution is 2.39. The highest BCUT2D eigenvalue weighted by atomic mass is 32.1. The van der Waals surface area contributed by atoms with Crippen LogP contribution in [-0.2, 0) is 4.79 Å². The van der Waals surface area contributed by atoms with E-state index < -0.39 is 48.8 Å². The standard InChI is InChI=1S/C17H13F4NO3S/c18-10-3-1-9(2-4-10)13-5-6-14(26-13)15(23)22-7-11(16(24)25)12(8-22)17(19,20)21/h1-6,11-12H,7-8H2,(H,24,25)/t11-,12-/m1/s1. The van der Waals surface area contributed by atoms with Crippen LogP contribution in [0.4, 0.5) is 17.6 Å². The molecule has 0 spiro atoms. The molecule has 2 aromatic rings. The third-order valence-electron chi connectivity index (χ3n) is 4.29. The Balaban J connectivity index is 1.80. The van der Waals surface area contributed by atoms with Crippen LogP contribution in [0.2, 0.25) is 0 Å². The first kappa shape index (κ1) is 18.4. The highest BCUT2D eigenvalue weighted by molar-refractivity contribution is 7.17. The first-order valence-electron chi connectivity index (χ1n) is 7.61. The van der Waals surface area contributed by atoms with E-state index in [1.165, 1.54) is 30.3 Å². The summed E-state index contributed by atoms with van der Waals surface area (Å²) in [5.74, 6) is -6.37. The molecular weight excluding hydrogens is 374 g/mol. The van der Waals surface area contributed by atoms with E-state index in [2.05, 4.69) is 0 Å². The number of halogens is 4. The van der Waals surface area contributed by atoms with Crippen molar-refractivity contribution in [2.45, 2.75) is 6.18 Å². The fraction of sp³-hybridized carbons (Fsp3) is 0.294. The quantitative estimate of drug-likeness (QED) is 0.813. The summed E-state index contributed by atoms with van der Waals surface area (Å²) in [6.45, 7) is -1.16. The number of carboxylic acids is 1. The van der Waals surface area contributed by atoms with Crippen LogP contribution in [0, 0.1) is 17.7 Å². The normalized spacial score (nSPS) is 20.4. The van der Waals surface area contributed by atoms with Gasteiger partial charge in [-0.2, -0.15) is 13.2 Å². The van der Waals surface area contributed by atoms with Gasteiger partial charge in [-0.3, -0.25) is 9.59 Å². The molecule has 3 rings (SSSR count). The number of rotatable bonds is 3. The summed E-state index contributed by atoms with van der Waals surface area (Å²) in [5, 5.41) is 9.03. The Morgan fingerprint density at radius 3 is 2.27 bits per heavy atom. The second kappa shape index (κ2) is 6.71. The van der Waals surface area contributed by atoms with Gasteiger partial charge in [-0.05, 0) is 29.8 Å². The number of thiophene rings is 1. The zero-order valence-electron chi connectivity index (χ0n) is 13.2. The highest BCUT2D eigenvalue weighted by Gasteiger charge is 2.53. The van der Waals surface area contributed by atoms with Crippen molar-refractivity contribution in [2.75, 3.05) is 13.1 Å². The van der Waals surface area contributed by atoms with Gasteiger partial charge in [-0.25, -0.2) is 4.39 Å². The molecule has 138 valence electrons. The zero-order chi connectivity index (χ0) is 19.1. The van der Waals surface area contributed by atoms with Crippen molar-refractivity contribution >= 4 is 23.2 Å². The van der Waals surface area contributed by atoms with Crippen molar-refractivity contribution < 1.29 is 32.3 Å². The molecule has 1 amide bonds. The van der Waals surface area contributed by atoms with Gasteiger partial charge in [0.2, 0.25) is 0 Å². The molecule has 2 atom stereocenters. The molecule has 1 aromatic heterocycles. The van der Waals surface area contributed by atoms with E-state index in [-0.39, 0.29) is 4.88 Å². The number of amides is 1. The van der Waals surface area contributed by atoms with Crippen molar-refractivity contribution in [2.24, 2.45) is 11.8 Å². The smallest absolute Gasteiger partial charge is 0.394 e. The lowest BCUT2D eigenvalue weighted by molar-refractivity contribution is -0.187. The summed E-state index contributed by atoms with van der Waals surface area (Å²) < 4.78 is 52.1. The number of aliphatic carboxylic acids is 1. The van der Waals surface area contributed by atoms with Crippen molar-refractivity contribution in [1.82, 2.24) is 4.90 Å². The number of alkyl halides is 3. The number of carbonyl (C=O) groups is 2. The fourth-order valence-electron chi connectivity index (χ4n) is 2.93. The number of carboxylic acid groups (broad SMARTS) is 1. The van der Waals surface area contributed by atoms with Crippen LogP contribution >= 0.6 is 11.3 Å². The summed E-state index contributed by atoms with van der Waals surface area (Å²) in [6, 6.07) is 8.70. The lowest BCUT2D eigenvalue weighted by atomic mass is 9.96. The van der Waals surface area contributed by atoms with E-state index in [9.17, 15) is 27.2 Å². The van der Waals surface area contributed by atoms with Crippen LogP contribution in [0.5, 0.6) is 0 Å². The first-order chi connectivity index (χ1) is 12.2. The van der Waals surface area contributed by atoms with Crippen LogP contribution < -0.4 is 0 Å². The van der Waals surface area contributed by atoms with Gasteiger partial charge in [0, 0.05) is 18.0 Å². The Kier molecular flexibility index (Phi) is 4.74. The van der Waals surface area contributed by atoms with E-state index in [1.807, 2.05) is 0 Å². The summed E-state index contributed by atoms with van der Waals surface area (Å²) in [5.41, 5.74) is 0.674. The van der Waals surface area contributed by atoms with Crippen LogP contribution in [0.15, 0.2) is 36.4 Å². The maximum absolute atomic E-state index is 13.0. The number of hydrogen-bond donors (Lipinski definition) is 1. The largest absolute Gasteiger partial charge is 0.481 e. The SMILES string of the molecule is O=C(O)[C@@H]1CN(C(=O)c2ccc(-c3ccc(F)cc3)s2)C[C@H]1C(F)(F)F. The average Bonchev–Trinajstić information content (AvgIpc) is 3.22. The summed E-state index contributed by atoms with van der Waals surface area (Å²) in [4.78, 5) is 25.4. The third kappa shape index (κ3) is 3.57. The van der Waals surface area contributed by atoms with Gasteiger partial charge in [0.05, 0.1) is 16.7 Å². The zero-order valence-corrected chi connectivity index (χ0v) is 14.0. The maximum Gasteiger partial charge on any atom is 0.394 e. The van der Waals surface area contributed by atoms with Crippen LogP contribution in [0.3, 0.4) is 0 Å². The topological polar surface area (TPSA) is 57.6 Å². The summed E-state index contributed by atoms with van der Waals surface area (Å²) in [6.07, 6.45) is -4.69. The minimum Gasteiger partial charge on any atom is -0.481 e. The van der Waals surface area contributed by atoms with E-state index in [4.69, 9.17) is 5.11 Å². The lowest BCUT2D eigenvalue weighted by Crippen LogP contribution is -2.34. The summed E-state index contributed by atoms with van der Waals surface area (Å²) >= 11 is 1.06. The molecule has 1 fully saturated rings. The molecule has 9 heteroatoms. The molecule has 4 nitrogen and oxygen atoms in total. The molecule has 0 aliphatic carbocycles. The third-order valence-corrected chi connectivity index (χ3v) is 5.41. The van der Waals surface area contributed by atoms with Gasteiger partial charge in [0.15, 0.2) is 0 Å². The molecule has 2 heterocycles. The van der Waals surface area contributed by atoms with Crippen molar-refractivity contribution in [1.29, 1.82) is 0 Å². The van der Waals surface area contributed by atoms with E-state index in [0.717, 1.165) is 16.2 Å². The van der Waals surface area contributed by atoms with Gasteiger partial charge < -0.3 is 10.0 Å². The van der Waals surface area contributed by atoms with Crippen LogP contribution in [0.25, 0.3) is 10.4 Å². The number of hydrogen-bond acceptors (Lipinski definition) is 3. The second-order valence-electron chi connectivity index (χ2n) is 5.97. The van der Waals surface area contributed by atoms with Gasteiger partial charge in [-0.15, -0.1) is 11.3 Å². The average molecular weight is 387 g/mol. The molecule has 1 aliphatic heterocycles. The van der Waals surface area contributed by atoms with Crippen LogP contribution in [0.1, 0.15) is 9.67 Å². The fourth-order valence-corrected chi connectivity index (χ4v) is 3.91. The molecular formula is C17H13F4NO3S. The molecule has 1 aromatic carbocycles. The van der Waals surface area contributed by atoms with Gasteiger partial charge in [0.1, 0.15) is 5.82 Å². The van der Waals surface area contributed by atoms with E-state index >= 15 is 0 Å². The van der Waals surface area contributed by atoms with Gasteiger partial charge in [0.25, 0.3) is 5.91 Å². The monoisotopic (exact) mass is 387 g/mol. The molecule has 0 bridgehead atoms. The first-order valence-corrected chi connectivity index (χ1v) is 8.43. The van der Waals surface area contributed by atoms with E-state index in [1.54, 1.807) is 6.07 Å². The number of likely N-dealkylation sites (tertiary alicyclic amines) is 1. The minimum atomic E-state index is -4.69. The lowest BCUT2D eigenvalue weighted by Gasteiger charge is -2.18. The maximum atomic E-state index is 13.0. The molecule has 1 saturated heterocycles. The second-order valence-corrected chi connectivity index (χ2v) is 7.06. The van der Waals surface area contributed by atoms with Crippen molar-refractivity contribution in [3.8, 4) is 10.4 Å². The van der Waals surface area contributed by atoms with Crippen molar-refractivity contribution in [3.05, 3.63) is 47.1 Å². The Bertz CT molecular complexity index is 831. The number of carbonyl (C=O) groups excluding carboxylic acids is 1. The predicted molar refractivity (Wildman–Crippen MR) is 86.3 cm³/mol. The Labute approximate surface area is 149 Å². The van der Waals surface area contributed by atoms with Crippen LogP contribution in [-0.4, -0.2) is 41.1 Å². The molecule has 0 radical (unpaired) electrons. The Hall–Kier alpha value is -2.42. The molecule has 0 saturated carbocycles. The molecule has 1 N–H and O–H groups in total. The van der Waals surface area contributed by atoms with Crippen molar-refractivity contribution in [3.63, 3.8) is 0 Å². The molecule has 1 aliphatic rings. The predicted octanol–water partition coefficient (Wildman–Crippen LogP) is 3.89. The Morgan fingerprint density at radius 1 is 1.08 bits per heavy atom. The number of benzene rings is 1.